The van der Waals surface area contributed by atoms with Crippen molar-refractivity contribution in [2.45, 2.75) is 24.6 Å². The molecule has 5 nitrogen and oxygen atoms in total. The topological polar surface area (TPSA) is 66.3 Å². The Labute approximate surface area is 121 Å². The summed E-state index contributed by atoms with van der Waals surface area (Å²) in [6.45, 7) is 2.93. The van der Waals surface area contributed by atoms with Crippen LogP contribution in [0, 0.1) is 5.92 Å². The summed E-state index contributed by atoms with van der Waals surface area (Å²) in [6, 6.07) is 0. The monoisotopic (exact) mass is 301 g/mol. The number of hydrogen-bond acceptors (Lipinski definition) is 5. The third kappa shape index (κ3) is 3.19. The highest BCUT2D eigenvalue weighted by molar-refractivity contribution is 7.98. The lowest BCUT2D eigenvalue weighted by Gasteiger charge is -2.34. The van der Waals surface area contributed by atoms with E-state index in [0.717, 1.165) is 6.42 Å². The highest BCUT2D eigenvalue weighted by atomic mass is 35.5. The Morgan fingerprint density at radius 3 is 3.00 bits per heavy atom. The first-order valence-corrected chi connectivity index (χ1v) is 7.67. The zero-order chi connectivity index (χ0) is 14.0. The number of rotatable bonds is 2. The summed E-state index contributed by atoms with van der Waals surface area (Å²) in [5, 5.41) is 10.6. The second kappa shape index (κ2) is 6.07. The number of aliphatic hydroxyl groups is 1. The lowest BCUT2D eigenvalue weighted by molar-refractivity contribution is 0.0245. The van der Waals surface area contributed by atoms with E-state index in [9.17, 15) is 9.90 Å². The first kappa shape index (κ1) is 14.6. The van der Waals surface area contributed by atoms with E-state index < -0.39 is 6.10 Å². The van der Waals surface area contributed by atoms with Gasteiger partial charge in [0.15, 0.2) is 10.9 Å². The van der Waals surface area contributed by atoms with Crippen molar-refractivity contribution in [2.75, 3.05) is 19.3 Å². The number of amides is 1. The number of carbonyl (C=O) groups is 1. The Hall–Kier alpha value is -0.850. The van der Waals surface area contributed by atoms with E-state index in [4.69, 9.17) is 11.6 Å². The van der Waals surface area contributed by atoms with Gasteiger partial charge in [-0.1, -0.05) is 30.3 Å². The Morgan fingerprint density at radius 1 is 1.63 bits per heavy atom. The molecular weight excluding hydrogens is 286 g/mol. The van der Waals surface area contributed by atoms with Crippen LogP contribution in [0.2, 0.25) is 5.02 Å². The largest absolute Gasteiger partial charge is 0.391 e. The van der Waals surface area contributed by atoms with Crippen molar-refractivity contribution >= 4 is 29.3 Å². The molecule has 1 N–H and O–H groups in total. The smallest absolute Gasteiger partial charge is 0.274 e. The number of β-amino-alcohol motifs (C(OH)–C–C–N with tert-alkyl or cyclic N) is 1. The van der Waals surface area contributed by atoms with Crippen molar-refractivity contribution in [1.29, 1.82) is 0 Å². The number of aliphatic hydroxyl groups excluding tert-OH is 1. The number of likely N-dealkylation sites (tertiary alicyclic amines) is 1. The van der Waals surface area contributed by atoms with Crippen molar-refractivity contribution < 1.29 is 9.90 Å². The zero-order valence-electron chi connectivity index (χ0n) is 10.8. The molecule has 0 radical (unpaired) electrons. The summed E-state index contributed by atoms with van der Waals surface area (Å²) in [6.07, 6.45) is 3.57. The predicted octanol–water partition coefficient (Wildman–Crippen LogP) is 1.69. The van der Waals surface area contributed by atoms with Gasteiger partial charge in [0.1, 0.15) is 0 Å². The average molecular weight is 302 g/mol. The zero-order valence-corrected chi connectivity index (χ0v) is 12.4. The Bertz CT molecular complexity index is 486. The maximum Gasteiger partial charge on any atom is 0.274 e. The fourth-order valence-corrected chi connectivity index (χ4v) is 2.49. The van der Waals surface area contributed by atoms with Gasteiger partial charge in [0.25, 0.3) is 5.91 Å². The van der Waals surface area contributed by atoms with Crippen LogP contribution >= 0.6 is 23.4 Å². The van der Waals surface area contributed by atoms with E-state index >= 15 is 0 Å². The molecule has 1 saturated heterocycles. The minimum Gasteiger partial charge on any atom is -0.391 e. The van der Waals surface area contributed by atoms with Crippen LogP contribution in [0.15, 0.2) is 11.4 Å². The summed E-state index contributed by atoms with van der Waals surface area (Å²) in [4.78, 5) is 22.1. The van der Waals surface area contributed by atoms with Gasteiger partial charge >= 0.3 is 0 Å². The molecule has 0 spiro atoms. The van der Waals surface area contributed by atoms with Gasteiger partial charge in [-0.3, -0.25) is 4.79 Å². The van der Waals surface area contributed by atoms with Crippen LogP contribution in [-0.2, 0) is 0 Å². The van der Waals surface area contributed by atoms with Crippen LogP contribution in [0.5, 0.6) is 0 Å². The molecule has 2 atom stereocenters. The summed E-state index contributed by atoms with van der Waals surface area (Å²) < 4.78 is 0. The molecule has 0 bridgehead atoms. The fourth-order valence-electron chi connectivity index (χ4n) is 1.98. The second-order valence-electron chi connectivity index (χ2n) is 4.64. The van der Waals surface area contributed by atoms with Crippen molar-refractivity contribution in [3.8, 4) is 0 Å². The number of hydrogen-bond donors (Lipinski definition) is 1. The van der Waals surface area contributed by atoms with E-state index in [1.54, 1.807) is 4.90 Å². The molecule has 19 heavy (non-hydrogen) atoms. The minimum absolute atomic E-state index is 0.211. The number of carbonyl (C=O) groups excluding carboxylic acids is 1. The quantitative estimate of drug-likeness (QED) is 0.665. The average Bonchev–Trinajstić information content (AvgIpc) is 2.41. The van der Waals surface area contributed by atoms with Gasteiger partial charge in [0, 0.05) is 13.1 Å². The maximum atomic E-state index is 12.4. The van der Waals surface area contributed by atoms with Crippen molar-refractivity contribution in [2.24, 2.45) is 5.92 Å². The molecular formula is C12H16ClN3O2S. The molecule has 7 heteroatoms. The third-order valence-corrected chi connectivity index (χ3v) is 4.15. The third-order valence-electron chi connectivity index (χ3n) is 3.31. The molecule has 1 aromatic heterocycles. The SMILES string of the molecule is CSc1ncc(Cl)c(C(=O)N2CCC(C)C(O)C2)n1. The molecule has 0 saturated carbocycles. The Kier molecular flexibility index (Phi) is 4.65. The molecule has 1 aliphatic rings. The van der Waals surface area contributed by atoms with E-state index in [-0.39, 0.29) is 22.5 Å². The highest BCUT2D eigenvalue weighted by Crippen LogP contribution is 2.22. The highest BCUT2D eigenvalue weighted by Gasteiger charge is 2.29. The second-order valence-corrected chi connectivity index (χ2v) is 5.82. The molecule has 104 valence electrons. The molecule has 1 amide bonds. The van der Waals surface area contributed by atoms with E-state index in [0.29, 0.717) is 18.2 Å². The number of aromatic nitrogens is 2. The summed E-state index contributed by atoms with van der Waals surface area (Å²) in [5.41, 5.74) is 0.211. The van der Waals surface area contributed by atoms with Crippen molar-refractivity contribution in [3.05, 3.63) is 16.9 Å². The summed E-state index contributed by atoms with van der Waals surface area (Å²) in [5.74, 6) is -0.0275. The number of nitrogens with zero attached hydrogens (tertiary/aromatic N) is 3. The van der Waals surface area contributed by atoms with Gasteiger partial charge in [-0.25, -0.2) is 9.97 Å². The molecule has 2 unspecified atom stereocenters. The van der Waals surface area contributed by atoms with Crippen LogP contribution in [0.1, 0.15) is 23.8 Å². The van der Waals surface area contributed by atoms with Gasteiger partial charge in [0.2, 0.25) is 0 Å². The summed E-state index contributed by atoms with van der Waals surface area (Å²) >= 11 is 7.34. The van der Waals surface area contributed by atoms with Gasteiger partial charge in [-0.2, -0.15) is 0 Å². The standard InChI is InChI=1S/C12H16ClN3O2S/c1-7-3-4-16(6-9(7)17)11(18)10-8(13)5-14-12(15-10)19-2/h5,7,9,17H,3-4,6H2,1-2H3. The predicted molar refractivity (Wildman–Crippen MR) is 74.5 cm³/mol. The lowest BCUT2D eigenvalue weighted by atomic mass is 9.96. The van der Waals surface area contributed by atoms with Crippen molar-refractivity contribution in [3.63, 3.8) is 0 Å². The van der Waals surface area contributed by atoms with Crippen LogP contribution in [0.4, 0.5) is 0 Å². The van der Waals surface area contributed by atoms with Gasteiger partial charge in [0.05, 0.1) is 17.3 Å². The molecule has 0 aromatic carbocycles. The Balaban J connectivity index is 2.20. The minimum atomic E-state index is -0.488. The van der Waals surface area contributed by atoms with Crippen molar-refractivity contribution in [1.82, 2.24) is 14.9 Å². The number of piperidine rings is 1. The number of halogens is 1. The molecule has 1 aliphatic heterocycles. The van der Waals surface area contributed by atoms with Crippen LogP contribution < -0.4 is 0 Å². The first-order chi connectivity index (χ1) is 9.02. The van der Waals surface area contributed by atoms with Crippen LogP contribution in [0.25, 0.3) is 0 Å². The maximum absolute atomic E-state index is 12.4. The van der Waals surface area contributed by atoms with Gasteiger partial charge in [-0.15, -0.1) is 0 Å². The van der Waals surface area contributed by atoms with E-state index in [1.807, 2.05) is 13.2 Å². The van der Waals surface area contributed by atoms with Gasteiger partial charge in [-0.05, 0) is 18.6 Å². The van der Waals surface area contributed by atoms with Gasteiger partial charge < -0.3 is 10.0 Å². The molecule has 1 aromatic rings. The normalized spacial score (nSPS) is 23.5. The van der Waals surface area contributed by atoms with Crippen LogP contribution in [-0.4, -0.2) is 51.3 Å². The summed E-state index contributed by atoms with van der Waals surface area (Å²) in [7, 11) is 0. The van der Waals surface area contributed by atoms with E-state index in [1.165, 1.54) is 18.0 Å². The van der Waals surface area contributed by atoms with Crippen LogP contribution in [0.3, 0.4) is 0 Å². The molecule has 0 aliphatic carbocycles. The molecule has 2 heterocycles. The Morgan fingerprint density at radius 2 is 2.37 bits per heavy atom. The molecule has 2 rings (SSSR count). The fraction of sp³-hybridized carbons (Fsp3) is 0.583. The molecule has 1 fully saturated rings. The first-order valence-electron chi connectivity index (χ1n) is 6.06. The number of thioether (sulfide) groups is 1. The lowest BCUT2D eigenvalue weighted by Crippen LogP contribution is -2.46. The van der Waals surface area contributed by atoms with E-state index in [2.05, 4.69) is 9.97 Å².